The number of methoxy groups -OCH3 is 1. The van der Waals surface area contributed by atoms with Crippen molar-refractivity contribution >= 4 is 24.1 Å². The van der Waals surface area contributed by atoms with Gasteiger partial charge >= 0.3 is 0 Å². The molecule has 0 spiro atoms. The predicted octanol–water partition coefficient (Wildman–Crippen LogP) is 5.28. The van der Waals surface area contributed by atoms with Crippen LogP contribution in [0.5, 0.6) is 5.75 Å². The Kier molecular flexibility index (Phi) is 4.26. The molecule has 0 N–H and O–H groups in total. The number of hydrogen-bond acceptors (Lipinski definition) is 1. The molecule has 2 heteroatoms. The van der Waals surface area contributed by atoms with E-state index in [1.165, 1.54) is 21.9 Å². The second-order valence-corrected chi connectivity index (χ2v) is 6.51. The molecule has 26 heavy (non-hydrogen) atoms. The molecule has 1 nitrogen and oxygen atoms in total. The van der Waals surface area contributed by atoms with Crippen LogP contribution in [0, 0.1) is 6.92 Å². The Morgan fingerprint density at radius 3 is 2.08 bits per heavy atom. The average molecular weight is 334 g/mol. The van der Waals surface area contributed by atoms with Crippen LogP contribution in [-0.2, 0) is 0 Å². The van der Waals surface area contributed by atoms with Gasteiger partial charge in [-0.2, -0.15) is 0 Å². The van der Waals surface area contributed by atoms with E-state index >= 15 is 0 Å². The zero-order valence-corrected chi connectivity index (χ0v) is 15.0. The standard InChI is InChI=1S/C24H19BO/c1-16-14-21(19-12-7-9-17-8-3-4-10-18(17)19)24(26-2)22(15-16)20-11-5-6-13-23(20)25/h3-15H,1-2H3. The van der Waals surface area contributed by atoms with Crippen molar-refractivity contribution in [1.29, 1.82) is 0 Å². The van der Waals surface area contributed by atoms with Crippen LogP contribution < -0.4 is 10.2 Å². The highest BCUT2D eigenvalue weighted by molar-refractivity contribution is 6.36. The molecule has 0 aliphatic carbocycles. The number of aryl methyl sites for hydroxylation is 1. The van der Waals surface area contributed by atoms with Gasteiger partial charge in [0, 0.05) is 11.1 Å². The lowest BCUT2D eigenvalue weighted by molar-refractivity contribution is 0.418. The minimum Gasteiger partial charge on any atom is -0.495 e. The minimum atomic E-state index is 0.750. The smallest absolute Gasteiger partial charge is 0.134 e. The van der Waals surface area contributed by atoms with Crippen molar-refractivity contribution in [2.24, 2.45) is 0 Å². The second kappa shape index (κ2) is 6.72. The molecule has 4 rings (SSSR count). The molecule has 0 aliphatic rings. The molecule has 0 amide bonds. The fraction of sp³-hybridized carbons (Fsp3) is 0.0833. The Bertz CT molecular complexity index is 1090. The molecule has 4 aromatic rings. The van der Waals surface area contributed by atoms with Crippen LogP contribution in [0.3, 0.4) is 0 Å². The molecule has 0 fully saturated rings. The SMILES string of the molecule is [B]c1ccccc1-c1cc(C)cc(-c2cccc3ccccc23)c1OC. The molecule has 0 unspecified atom stereocenters. The molecule has 4 aromatic carbocycles. The van der Waals surface area contributed by atoms with E-state index in [1.54, 1.807) is 7.11 Å². The van der Waals surface area contributed by atoms with Gasteiger partial charge in [-0.3, -0.25) is 0 Å². The van der Waals surface area contributed by atoms with E-state index in [2.05, 4.69) is 61.5 Å². The van der Waals surface area contributed by atoms with E-state index in [0.29, 0.717) is 0 Å². The predicted molar refractivity (Wildman–Crippen MR) is 111 cm³/mol. The van der Waals surface area contributed by atoms with Gasteiger partial charge in [0.25, 0.3) is 0 Å². The van der Waals surface area contributed by atoms with E-state index in [1.807, 2.05) is 24.3 Å². The van der Waals surface area contributed by atoms with Crippen molar-refractivity contribution < 1.29 is 4.74 Å². The molecule has 0 heterocycles. The molecular weight excluding hydrogens is 315 g/mol. The maximum Gasteiger partial charge on any atom is 0.134 e. The fourth-order valence-corrected chi connectivity index (χ4v) is 3.60. The molecule has 0 bridgehead atoms. The van der Waals surface area contributed by atoms with Gasteiger partial charge in [0.2, 0.25) is 0 Å². The van der Waals surface area contributed by atoms with Gasteiger partial charge in [0.1, 0.15) is 13.6 Å². The first kappa shape index (κ1) is 16.5. The Morgan fingerprint density at radius 2 is 1.31 bits per heavy atom. The van der Waals surface area contributed by atoms with Crippen LogP contribution in [-0.4, -0.2) is 15.0 Å². The summed E-state index contributed by atoms with van der Waals surface area (Å²) >= 11 is 0. The summed E-state index contributed by atoms with van der Waals surface area (Å²) in [4.78, 5) is 0. The van der Waals surface area contributed by atoms with Crippen molar-refractivity contribution in [3.8, 4) is 28.0 Å². The fourth-order valence-electron chi connectivity index (χ4n) is 3.60. The molecule has 0 atom stereocenters. The quantitative estimate of drug-likeness (QED) is 0.463. The largest absolute Gasteiger partial charge is 0.495 e. The third-order valence-electron chi connectivity index (χ3n) is 4.77. The van der Waals surface area contributed by atoms with Crippen LogP contribution in [0.25, 0.3) is 33.0 Å². The minimum absolute atomic E-state index is 0.750. The molecule has 0 aliphatic heterocycles. The highest BCUT2D eigenvalue weighted by atomic mass is 16.5. The van der Waals surface area contributed by atoms with Crippen LogP contribution in [0.1, 0.15) is 5.56 Å². The second-order valence-electron chi connectivity index (χ2n) is 6.51. The van der Waals surface area contributed by atoms with Gasteiger partial charge in [-0.25, -0.2) is 0 Å². The summed E-state index contributed by atoms with van der Waals surface area (Å²) < 4.78 is 5.89. The average Bonchev–Trinajstić information content (AvgIpc) is 2.67. The van der Waals surface area contributed by atoms with Crippen molar-refractivity contribution in [3.05, 3.63) is 84.4 Å². The highest BCUT2D eigenvalue weighted by Gasteiger charge is 2.16. The molecule has 0 saturated heterocycles. The summed E-state index contributed by atoms with van der Waals surface area (Å²) in [5.41, 5.74) is 6.19. The van der Waals surface area contributed by atoms with Gasteiger partial charge < -0.3 is 4.74 Å². The van der Waals surface area contributed by atoms with Crippen molar-refractivity contribution in [2.45, 2.75) is 6.92 Å². The van der Waals surface area contributed by atoms with E-state index in [9.17, 15) is 0 Å². The zero-order valence-electron chi connectivity index (χ0n) is 15.0. The first-order valence-electron chi connectivity index (χ1n) is 8.70. The number of hydrogen-bond donors (Lipinski definition) is 0. The monoisotopic (exact) mass is 334 g/mol. The van der Waals surface area contributed by atoms with Gasteiger partial charge in [-0.15, -0.1) is 0 Å². The summed E-state index contributed by atoms with van der Waals surface area (Å²) in [5.74, 6) is 0.852. The lowest BCUT2D eigenvalue weighted by atomic mass is 9.84. The van der Waals surface area contributed by atoms with E-state index in [0.717, 1.165) is 27.9 Å². The summed E-state index contributed by atoms with van der Waals surface area (Å²) in [7, 11) is 7.97. The number of benzene rings is 4. The Hall–Kier alpha value is -3.00. The van der Waals surface area contributed by atoms with Gasteiger partial charge in [-0.1, -0.05) is 72.2 Å². The van der Waals surface area contributed by atoms with Crippen molar-refractivity contribution in [2.75, 3.05) is 7.11 Å². The molecular formula is C24H19BO. The molecule has 0 saturated carbocycles. The van der Waals surface area contributed by atoms with Gasteiger partial charge in [-0.05, 0) is 46.5 Å². The first-order valence-corrected chi connectivity index (χ1v) is 8.70. The Balaban J connectivity index is 2.05. The normalized spacial score (nSPS) is 10.8. The topological polar surface area (TPSA) is 9.23 Å². The molecule has 0 aromatic heterocycles. The first-order chi connectivity index (χ1) is 12.7. The van der Waals surface area contributed by atoms with Crippen molar-refractivity contribution in [1.82, 2.24) is 0 Å². The maximum atomic E-state index is 6.25. The summed E-state index contributed by atoms with van der Waals surface area (Å²) in [6, 6.07) is 27.1. The van der Waals surface area contributed by atoms with Gasteiger partial charge in [0.15, 0.2) is 0 Å². The zero-order chi connectivity index (χ0) is 18.1. The van der Waals surface area contributed by atoms with E-state index in [-0.39, 0.29) is 0 Å². The third-order valence-corrected chi connectivity index (χ3v) is 4.77. The highest BCUT2D eigenvalue weighted by Crippen LogP contribution is 2.41. The Labute approximate surface area is 155 Å². The van der Waals surface area contributed by atoms with Crippen LogP contribution in [0.2, 0.25) is 0 Å². The van der Waals surface area contributed by atoms with E-state index < -0.39 is 0 Å². The summed E-state index contributed by atoms with van der Waals surface area (Å²) in [6.45, 7) is 2.11. The van der Waals surface area contributed by atoms with E-state index in [4.69, 9.17) is 12.6 Å². The van der Waals surface area contributed by atoms with Crippen LogP contribution in [0.15, 0.2) is 78.9 Å². The molecule has 2 radical (unpaired) electrons. The van der Waals surface area contributed by atoms with Crippen molar-refractivity contribution in [3.63, 3.8) is 0 Å². The van der Waals surface area contributed by atoms with Gasteiger partial charge in [0.05, 0.1) is 7.11 Å². The lowest BCUT2D eigenvalue weighted by Crippen LogP contribution is -2.07. The number of fused-ring (bicyclic) bond motifs is 1. The maximum absolute atomic E-state index is 6.25. The summed E-state index contributed by atoms with van der Waals surface area (Å²) in [5, 5.41) is 2.43. The molecule has 124 valence electrons. The lowest BCUT2D eigenvalue weighted by Gasteiger charge is -2.18. The van der Waals surface area contributed by atoms with Crippen LogP contribution in [0.4, 0.5) is 0 Å². The van der Waals surface area contributed by atoms with Crippen LogP contribution >= 0.6 is 0 Å². The number of ether oxygens (including phenoxy) is 1. The summed E-state index contributed by atoms with van der Waals surface area (Å²) in [6.07, 6.45) is 0. The Morgan fingerprint density at radius 1 is 0.692 bits per heavy atom. The third kappa shape index (κ3) is 2.78. The number of rotatable bonds is 3.